The molecule has 24 heavy (non-hydrogen) atoms. The van der Waals surface area contributed by atoms with Gasteiger partial charge in [-0.25, -0.2) is 13.4 Å². The number of rotatable bonds is 5. The van der Waals surface area contributed by atoms with E-state index in [1.54, 1.807) is 24.3 Å². The van der Waals surface area contributed by atoms with Crippen molar-refractivity contribution in [2.75, 3.05) is 6.26 Å². The first-order chi connectivity index (χ1) is 11.3. The van der Waals surface area contributed by atoms with Crippen LogP contribution in [0, 0.1) is 0 Å². The average molecular weight is 363 g/mol. The minimum Gasteiger partial charge on any atom is -0.349 e. The highest BCUT2D eigenvalue weighted by molar-refractivity contribution is 7.90. The number of amides is 1. The van der Waals surface area contributed by atoms with Gasteiger partial charge in [-0.15, -0.1) is 11.3 Å². The molecule has 0 unspecified atom stereocenters. The van der Waals surface area contributed by atoms with Gasteiger partial charge in [-0.1, -0.05) is 12.1 Å². The highest BCUT2D eigenvalue weighted by atomic mass is 32.2. The van der Waals surface area contributed by atoms with Gasteiger partial charge in [-0.2, -0.15) is 0 Å². The molecule has 0 saturated carbocycles. The molecule has 1 aromatic carbocycles. The van der Waals surface area contributed by atoms with Gasteiger partial charge in [0.25, 0.3) is 0 Å². The van der Waals surface area contributed by atoms with E-state index >= 15 is 0 Å². The number of fused-ring (bicyclic) bond motifs is 1. The Morgan fingerprint density at radius 2 is 2.04 bits per heavy atom. The van der Waals surface area contributed by atoms with E-state index in [0.717, 1.165) is 16.2 Å². The predicted octanol–water partition coefficient (Wildman–Crippen LogP) is 2.22. The minimum atomic E-state index is -3.21. The summed E-state index contributed by atoms with van der Waals surface area (Å²) in [6, 6.07) is 6.32. The number of hydrogen-bond donors (Lipinski definition) is 1. The third kappa shape index (κ3) is 3.65. The van der Waals surface area contributed by atoms with Crippen molar-refractivity contribution >= 4 is 32.0 Å². The van der Waals surface area contributed by atoms with Crippen molar-refractivity contribution in [3.05, 3.63) is 53.3 Å². The molecule has 3 rings (SSSR count). The maximum Gasteiger partial charge on any atom is 0.226 e. The number of carbonyl (C=O) groups excluding carboxylic acids is 1. The molecule has 0 radical (unpaired) electrons. The SMILES string of the molecule is C[C@H](NC(=O)Cc1cn2ccsc2n1)c1ccc(S(C)(=O)=O)cc1. The highest BCUT2D eigenvalue weighted by Crippen LogP contribution is 2.17. The molecule has 0 aliphatic rings. The lowest BCUT2D eigenvalue weighted by molar-refractivity contribution is -0.121. The minimum absolute atomic E-state index is 0.125. The summed E-state index contributed by atoms with van der Waals surface area (Å²) in [5.74, 6) is -0.125. The summed E-state index contributed by atoms with van der Waals surface area (Å²) in [4.78, 5) is 17.7. The van der Waals surface area contributed by atoms with Gasteiger partial charge in [-0.3, -0.25) is 9.20 Å². The Labute approximate surface area is 144 Å². The van der Waals surface area contributed by atoms with Crippen molar-refractivity contribution in [3.8, 4) is 0 Å². The second-order valence-electron chi connectivity index (χ2n) is 5.63. The van der Waals surface area contributed by atoms with E-state index < -0.39 is 9.84 Å². The van der Waals surface area contributed by atoms with Crippen molar-refractivity contribution in [2.45, 2.75) is 24.3 Å². The van der Waals surface area contributed by atoms with Crippen LogP contribution in [0.1, 0.15) is 24.2 Å². The zero-order valence-corrected chi connectivity index (χ0v) is 14.9. The third-order valence-corrected chi connectivity index (χ3v) is 5.57. The molecular formula is C16H17N3O3S2. The monoisotopic (exact) mass is 363 g/mol. The number of sulfone groups is 1. The summed E-state index contributed by atoms with van der Waals surface area (Å²) < 4.78 is 24.8. The smallest absolute Gasteiger partial charge is 0.226 e. The number of benzene rings is 1. The second-order valence-corrected chi connectivity index (χ2v) is 8.52. The Hall–Kier alpha value is -2.19. The van der Waals surface area contributed by atoms with E-state index in [-0.39, 0.29) is 23.3 Å². The first-order valence-corrected chi connectivity index (χ1v) is 10.1. The summed E-state index contributed by atoms with van der Waals surface area (Å²) in [7, 11) is -3.21. The summed E-state index contributed by atoms with van der Waals surface area (Å²) >= 11 is 1.52. The van der Waals surface area contributed by atoms with Crippen molar-refractivity contribution in [1.29, 1.82) is 0 Å². The lowest BCUT2D eigenvalue weighted by Gasteiger charge is -2.14. The lowest BCUT2D eigenvalue weighted by atomic mass is 10.1. The number of thiazole rings is 1. The van der Waals surface area contributed by atoms with Crippen LogP contribution in [0.3, 0.4) is 0 Å². The topological polar surface area (TPSA) is 80.5 Å². The van der Waals surface area contributed by atoms with Crippen molar-refractivity contribution < 1.29 is 13.2 Å². The van der Waals surface area contributed by atoms with Gasteiger partial charge in [0.15, 0.2) is 14.8 Å². The molecule has 1 atom stereocenters. The Balaban J connectivity index is 1.64. The maximum absolute atomic E-state index is 12.2. The molecule has 6 nitrogen and oxygen atoms in total. The number of imidazole rings is 1. The molecule has 0 spiro atoms. The normalized spacial score (nSPS) is 13.1. The fraction of sp³-hybridized carbons (Fsp3) is 0.250. The van der Waals surface area contributed by atoms with E-state index in [1.807, 2.05) is 29.1 Å². The number of carbonyl (C=O) groups is 1. The van der Waals surface area contributed by atoms with Crippen LogP contribution in [-0.4, -0.2) is 30.0 Å². The number of nitrogens with one attached hydrogen (secondary N) is 1. The van der Waals surface area contributed by atoms with Gasteiger partial charge >= 0.3 is 0 Å². The molecule has 3 aromatic rings. The number of hydrogen-bond acceptors (Lipinski definition) is 5. The standard InChI is InChI=1S/C16H17N3O3S2/c1-11(12-3-5-14(6-4-12)24(2,21)22)17-15(20)9-13-10-19-7-8-23-16(19)18-13/h3-8,10-11H,9H2,1-2H3,(H,17,20)/t11-/m0/s1. The lowest BCUT2D eigenvalue weighted by Crippen LogP contribution is -2.28. The maximum atomic E-state index is 12.2. The fourth-order valence-electron chi connectivity index (χ4n) is 2.41. The van der Waals surface area contributed by atoms with Gasteiger partial charge < -0.3 is 5.32 Å². The summed E-state index contributed by atoms with van der Waals surface area (Å²) in [5.41, 5.74) is 1.57. The molecule has 1 N–H and O–H groups in total. The van der Waals surface area contributed by atoms with Crippen molar-refractivity contribution in [1.82, 2.24) is 14.7 Å². The molecule has 1 amide bonds. The largest absolute Gasteiger partial charge is 0.349 e. The van der Waals surface area contributed by atoms with Gasteiger partial charge in [0.1, 0.15) is 0 Å². The zero-order chi connectivity index (χ0) is 17.3. The van der Waals surface area contributed by atoms with E-state index in [1.165, 1.54) is 17.6 Å². The quantitative estimate of drug-likeness (QED) is 0.754. The predicted molar refractivity (Wildman–Crippen MR) is 92.9 cm³/mol. The molecule has 0 aliphatic carbocycles. The van der Waals surface area contributed by atoms with E-state index in [2.05, 4.69) is 10.3 Å². The summed E-state index contributed by atoms with van der Waals surface area (Å²) in [5, 5.41) is 4.84. The number of nitrogens with zero attached hydrogens (tertiary/aromatic N) is 2. The summed E-state index contributed by atoms with van der Waals surface area (Å²) in [6.07, 6.45) is 5.13. The van der Waals surface area contributed by atoms with Gasteiger partial charge in [0.2, 0.25) is 5.91 Å². The molecule has 0 aliphatic heterocycles. The zero-order valence-electron chi connectivity index (χ0n) is 13.3. The van der Waals surface area contributed by atoms with Crippen LogP contribution in [0.25, 0.3) is 4.96 Å². The first kappa shape index (κ1) is 16.7. The van der Waals surface area contributed by atoms with E-state index in [0.29, 0.717) is 0 Å². The Bertz CT molecular complexity index is 943. The Morgan fingerprint density at radius 1 is 1.33 bits per heavy atom. The van der Waals surface area contributed by atoms with E-state index in [9.17, 15) is 13.2 Å². The second kappa shape index (κ2) is 6.37. The Morgan fingerprint density at radius 3 is 2.67 bits per heavy atom. The highest BCUT2D eigenvalue weighted by Gasteiger charge is 2.13. The third-order valence-electron chi connectivity index (χ3n) is 3.67. The van der Waals surface area contributed by atoms with Crippen LogP contribution in [0.5, 0.6) is 0 Å². The van der Waals surface area contributed by atoms with Gasteiger partial charge in [0, 0.05) is 24.0 Å². The average Bonchev–Trinajstić information content (AvgIpc) is 3.07. The molecule has 0 bridgehead atoms. The molecule has 126 valence electrons. The van der Waals surface area contributed by atoms with Crippen LogP contribution in [-0.2, 0) is 21.1 Å². The van der Waals surface area contributed by atoms with Crippen molar-refractivity contribution in [3.63, 3.8) is 0 Å². The van der Waals surface area contributed by atoms with Crippen molar-refractivity contribution in [2.24, 2.45) is 0 Å². The number of aromatic nitrogens is 2. The van der Waals surface area contributed by atoms with Gasteiger partial charge in [-0.05, 0) is 24.6 Å². The molecule has 8 heteroatoms. The summed E-state index contributed by atoms with van der Waals surface area (Å²) in [6.45, 7) is 1.86. The molecule has 0 saturated heterocycles. The van der Waals surface area contributed by atoms with Crippen LogP contribution >= 0.6 is 11.3 Å². The van der Waals surface area contributed by atoms with Crippen LogP contribution in [0.2, 0.25) is 0 Å². The Kier molecular flexibility index (Phi) is 4.42. The van der Waals surface area contributed by atoms with E-state index in [4.69, 9.17) is 0 Å². The first-order valence-electron chi connectivity index (χ1n) is 7.33. The molecule has 2 heterocycles. The molecule has 2 aromatic heterocycles. The fourth-order valence-corrected chi connectivity index (χ4v) is 3.75. The van der Waals surface area contributed by atoms with Crippen LogP contribution < -0.4 is 5.32 Å². The van der Waals surface area contributed by atoms with Crippen LogP contribution in [0.4, 0.5) is 0 Å². The van der Waals surface area contributed by atoms with Gasteiger partial charge in [0.05, 0.1) is 23.1 Å². The van der Waals surface area contributed by atoms with Crippen LogP contribution in [0.15, 0.2) is 46.9 Å². The molecule has 0 fully saturated rings. The molecular weight excluding hydrogens is 346 g/mol.